The van der Waals surface area contributed by atoms with Crippen LogP contribution in [-0.2, 0) is 14.3 Å². The van der Waals surface area contributed by atoms with E-state index >= 15 is 0 Å². The lowest BCUT2D eigenvalue weighted by atomic mass is 10.1. The fourth-order valence-corrected chi connectivity index (χ4v) is 2.23. The molecular formula is C14H27N3O3. The minimum atomic E-state index is -0.163. The van der Waals surface area contributed by atoms with Crippen LogP contribution in [0, 0.1) is 0 Å². The number of nitrogens with zero attached hydrogens (tertiary/aromatic N) is 2. The van der Waals surface area contributed by atoms with E-state index in [-0.39, 0.29) is 24.4 Å². The molecule has 6 heteroatoms. The molecule has 1 N–H and O–H groups in total. The second kappa shape index (κ2) is 8.92. The molecule has 2 amide bonds. The van der Waals surface area contributed by atoms with Crippen LogP contribution in [0.1, 0.15) is 25.7 Å². The number of nitrogens with one attached hydrogen (secondary N) is 1. The number of methoxy groups -OCH3 is 1. The molecule has 0 aromatic heterocycles. The molecule has 0 aliphatic carbocycles. The van der Waals surface area contributed by atoms with E-state index in [9.17, 15) is 9.59 Å². The van der Waals surface area contributed by atoms with Crippen molar-refractivity contribution in [2.24, 2.45) is 0 Å². The Morgan fingerprint density at radius 1 is 1.25 bits per heavy atom. The van der Waals surface area contributed by atoms with Crippen molar-refractivity contribution in [3.8, 4) is 0 Å². The quantitative estimate of drug-likeness (QED) is 0.751. The molecule has 116 valence electrons. The maximum atomic E-state index is 12.6. The average molecular weight is 285 g/mol. The van der Waals surface area contributed by atoms with Crippen LogP contribution in [0.5, 0.6) is 0 Å². The SMILES string of the molecule is COCCN(CC(=O)N(C)C)C(=O)C1CCCCCN1. The highest BCUT2D eigenvalue weighted by Crippen LogP contribution is 2.11. The van der Waals surface area contributed by atoms with Crippen LogP contribution < -0.4 is 5.32 Å². The molecule has 20 heavy (non-hydrogen) atoms. The van der Waals surface area contributed by atoms with Crippen molar-refractivity contribution in [2.75, 3.05) is 47.4 Å². The standard InChI is InChI=1S/C14H27N3O3/c1-16(2)13(18)11-17(9-10-20-3)14(19)12-7-5-4-6-8-15-12/h12,15H,4-11H2,1-3H3. The highest BCUT2D eigenvalue weighted by molar-refractivity contribution is 5.87. The van der Waals surface area contributed by atoms with Gasteiger partial charge in [-0.05, 0) is 19.4 Å². The van der Waals surface area contributed by atoms with E-state index < -0.39 is 0 Å². The van der Waals surface area contributed by atoms with E-state index in [0.717, 1.165) is 32.2 Å². The van der Waals surface area contributed by atoms with Crippen LogP contribution in [0.3, 0.4) is 0 Å². The molecule has 1 aliphatic heterocycles. The highest BCUT2D eigenvalue weighted by atomic mass is 16.5. The molecule has 1 atom stereocenters. The third-order valence-corrected chi connectivity index (χ3v) is 3.56. The molecule has 0 bridgehead atoms. The van der Waals surface area contributed by atoms with Gasteiger partial charge in [-0.15, -0.1) is 0 Å². The Morgan fingerprint density at radius 2 is 2.00 bits per heavy atom. The van der Waals surface area contributed by atoms with Gasteiger partial charge < -0.3 is 19.9 Å². The molecule has 1 aliphatic rings. The molecule has 1 saturated heterocycles. The van der Waals surface area contributed by atoms with Gasteiger partial charge in [0, 0.05) is 27.7 Å². The van der Waals surface area contributed by atoms with Crippen LogP contribution in [-0.4, -0.2) is 75.1 Å². The van der Waals surface area contributed by atoms with Crippen LogP contribution >= 0.6 is 0 Å². The number of rotatable bonds is 6. The summed E-state index contributed by atoms with van der Waals surface area (Å²) in [4.78, 5) is 27.5. The van der Waals surface area contributed by atoms with Gasteiger partial charge in [0.2, 0.25) is 11.8 Å². The van der Waals surface area contributed by atoms with Crippen molar-refractivity contribution in [3.63, 3.8) is 0 Å². The summed E-state index contributed by atoms with van der Waals surface area (Å²) in [7, 11) is 5.00. The number of ether oxygens (including phenoxy) is 1. The first-order valence-electron chi connectivity index (χ1n) is 7.27. The minimum Gasteiger partial charge on any atom is -0.383 e. The van der Waals surface area contributed by atoms with Crippen LogP contribution in [0.2, 0.25) is 0 Å². The number of likely N-dealkylation sites (N-methyl/N-ethyl adjacent to an activating group) is 1. The van der Waals surface area contributed by atoms with E-state index in [1.165, 1.54) is 4.90 Å². The van der Waals surface area contributed by atoms with Gasteiger partial charge in [-0.25, -0.2) is 0 Å². The summed E-state index contributed by atoms with van der Waals surface area (Å²) < 4.78 is 5.04. The fraction of sp³-hybridized carbons (Fsp3) is 0.857. The van der Waals surface area contributed by atoms with Gasteiger partial charge >= 0.3 is 0 Å². The van der Waals surface area contributed by atoms with Crippen molar-refractivity contribution >= 4 is 11.8 Å². The normalized spacial score (nSPS) is 19.2. The Hall–Kier alpha value is -1.14. The van der Waals surface area contributed by atoms with Crippen LogP contribution in [0.4, 0.5) is 0 Å². The summed E-state index contributed by atoms with van der Waals surface area (Å²) in [5, 5.41) is 3.28. The molecule has 1 unspecified atom stereocenters. The van der Waals surface area contributed by atoms with Crippen molar-refractivity contribution in [1.82, 2.24) is 15.1 Å². The molecular weight excluding hydrogens is 258 g/mol. The van der Waals surface area contributed by atoms with Crippen molar-refractivity contribution in [1.29, 1.82) is 0 Å². The van der Waals surface area contributed by atoms with Gasteiger partial charge in [0.05, 0.1) is 19.2 Å². The third-order valence-electron chi connectivity index (χ3n) is 3.56. The summed E-state index contributed by atoms with van der Waals surface area (Å²) in [6, 6.07) is -0.163. The first kappa shape index (κ1) is 16.9. The zero-order valence-electron chi connectivity index (χ0n) is 12.9. The molecule has 1 heterocycles. The predicted molar refractivity (Wildman–Crippen MR) is 77.4 cm³/mol. The second-order valence-corrected chi connectivity index (χ2v) is 5.40. The summed E-state index contributed by atoms with van der Waals surface area (Å²) in [5.74, 6) is -0.0535. The minimum absolute atomic E-state index is 0.0131. The molecule has 1 rings (SSSR count). The lowest BCUT2D eigenvalue weighted by molar-refractivity contribution is -0.141. The van der Waals surface area contributed by atoms with Crippen molar-refractivity contribution in [3.05, 3.63) is 0 Å². The Kier molecular flexibility index (Phi) is 7.54. The van der Waals surface area contributed by atoms with E-state index in [4.69, 9.17) is 4.74 Å². The number of amides is 2. The monoisotopic (exact) mass is 285 g/mol. The van der Waals surface area contributed by atoms with Crippen molar-refractivity contribution < 1.29 is 14.3 Å². The lowest BCUT2D eigenvalue weighted by Gasteiger charge is -2.27. The number of hydrogen-bond acceptors (Lipinski definition) is 4. The molecule has 6 nitrogen and oxygen atoms in total. The highest BCUT2D eigenvalue weighted by Gasteiger charge is 2.26. The smallest absolute Gasteiger partial charge is 0.241 e. The Balaban J connectivity index is 2.64. The second-order valence-electron chi connectivity index (χ2n) is 5.40. The van der Waals surface area contributed by atoms with Gasteiger partial charge in [0.25, 0.3) is 0 Å². The largest absolute Gasteiger partial charge is 0.383 e. The first-order chi connectivity index (χ1) is 9.56. The van der Waals surface area contributed by atoms with E-state index in [2.05, 4.69) is 5.32 Å². The van der Waals surface area contributed by atoms with Gasteiger partial charge in [-0.3, -0.25) is 9.59 Å². The molecule has 0 radical (unpaired) electrons. The predicted octanol–water partition coefficient (Wildman–Crippen LogP) is 0.0818. The Bertz CT molecular complexity index is 313. The zero-order chi connectivity index (χ0) is 15.0. The maximum absolute atomic E-state index is 12.6. The average Bonchev–Trinajstić information content (AvgIpc) is 2.71. The molecule has 0 aromatic rings. The molecule has 1 fully saturated rings. The summed E-state index contributed by atoms with van der Waals surface area (Å²) in [5.41, 5.74) is 0. The van der Waals surface area contributed by atoms with Crippen LogP contribution in [0.15, 0.2) is 0 Å². The Morgan fingerprint density at radius 3 is 2.65 bits per heavy atom. The van der Waals surface area contributed by atoms with Gasteiger partial charge in [0.15, 0.2) is 0 Å². The maximum Gasteiger partial charge on any atom is 0.241 e. The van der Waals surface area contributed by atoms with Gasteiger partial charge in [-0.1, -0.05) is 12.8 Å². The van der Waals surface area contributed by atoms with Gasteiger partial charge in [0.1, 0.15) is 0 Å². The summed E-state index contributed by atoms with van der Waals surface area (Å²) >= 11 is 0. The van der Waals surface area contributed by atoms with E-state index in [0.29, 0.717) is 13.2 Å². The molecule has 0 spiro atoms. The first-order valence-corrected chi connectivity index (χ1v) is 7.27. The zero-order valence-corrected chi connectivity index (χ0v) is 12.9. The van der Waals surface area contributed by atoms with Gasteiger partial charge in [-0.2, -0.15) is 0 Å². The molecule has 0 saturated carbocycles. The van der Waals surface area contributed by atoms with Crippen LogP contribution in [0.25, 0.3) is 0 Å². The van der Waals surface area contributed by atoms with E-state index in [1.807, 2.05) is 0 Å². The number of carbonyl (C=O) groups is 2. The molecule has 0 aromatic carbocycles. The number of carbonyl (C=O) groups excluding carboxylic acids is 2. The van der Waals surface area contributed by atoms with Crippen molar-refractivity contribution in [2.45, 2.75) is 31.7 Å². The van der Waals surface area contributed by atoms with E-state index in [1.54, 1.807) is 26.1 Å². The summed E-state index contributed by atoms with van der Waals surface area (Å²) in [6.45, 7) is 1.88. The summed E-state index contributed by atoms with van der Waals surface area (Å²) in [6.07, 6.45) is 4.17. The third kappa shape index (κ3) is 5.46. The number of hydrogen-bond donors (Lipinski definition) is 1. The Labute approximate surface area is 121 Å². The lowest BCUT2D eigenvalue weighted by Crippen LogP contribution is -2.50. The fourth-order valence-electron chi connectivity index (χ4n) is 2.23. The topological polar surface area (TPSA) is 61.9 Å².